The van der Waals surface area contributed by atoms with E-state index in [2.05, 4.69) is 85.9 Å². The Bertz CT molecular complexity index is 1800. The van der Waals surface area contributed by atoms with E-state index in [4.69, 9.17) is 4.74 Å². The second kappa shape index (κ2) is 9.62. The van der Waals surface area contributed by atoms with Crippen molar-refractivity contribution in [3.63, 3.8) is 0 Å². The van der Waals surface area contributed by atoms with Crippen LogP contribution in [0.1, 0.15) is 5.56 Å². The topological polar surface area (TPSA) is 46.4 Å². The van der Waals surface area contributed by atoms with E-state index in [1.165, 1.54) is 0 Å². The van der Waals surface area contributed by atoms with Crippen LogP contribution in [0.15, 0.2) is 91.3 Å². The van der Waals surface area contributed by atoms with Gasteiger partial charge in [-0.2, -0.15) is 30.6 Å². The fourth-order valence-electron chi connectivity index (χ4n) is 4.93. The van der Waals surface area contributed by atoms with Gasteiger partial charge in [-0.25, -0.2) is 4.98 Å². The number of pyridine rings is 2. The molecule has 0 unspecified atom stereocenters. The molecule has 0 spiro atoms. The first-order valence-electron chi connectivity index (χ1n) is 12.1. The Morgan fingerprint density at radius 2 is 1.61 bits per heavy atom. The molecule has 0 bridgehead atoms. The van der Waals surface area contributed by atoms with Crippen molar-refractivity contribution < 1.29 is 25.8 Å². The predicted molar refractivity (Wildman–Crippen MR) is 147 cm³/mol. The molecule has 6 nitrogen and oxygen atoms in total. The quantitative estimate of drug-likeness (QED) is 0.189. The van der Waals surface area contributed by atoms with Gasteiger partial charge in [0.2, 0.25) is 0 Å². The summed E-state index contributed by atoms with van der Waals surface area (Å²) in [5, 5.41) is 2.23. The van der Waals surface area contributed by atoms with E-state index >= 15 is 0 Å². The second-order valence-corrected chi connectivity index (χ2v) is 9.08. The summed E-state index contributed by atoms with van der Waals surface area (Å²) in [4.78, 5) is 13.2. The Hall–Kier alpha value is -4.15. The Morgan fingerprint density at radius 1 is 0.816 bits per heavy atom. The molecule has 38 heavy (non-hydrogen) atoms. The van der Waals surface area contributed by atoms with E-state index in [9.17, 15) is 0 Å². The molecule has 0 saturated carbocycles. The summed E-state index contributed by atoms with van der Waals surface area (Å²) in [6, 6.07) is 33.4. The van der Waals surface area contributed by atoms with Crippen molar-refractivity contribution >= 4 is 38.9 Å². The van der Waals surface area contributed by atoms with Crippen molar-refractivity contribution in [2.75, 3.05) is 16.8 Å². The van der Waals surface area contributed by atoms with Crippen LogP contribution in [-0.2, 0) is 21.1 Å². The molecule has 0 amide bonds. The number of hydrogen-bond donors (Lipinski definition) is 0. The number of anilines is 3. The van der Waals surface area contributed by atoms with Gasteiger partial charge in [0.05, 0.1) is 0 Å². The summed E-state index contributed by atoms with van der Waals surface area (Å²) in [6.07, 6.45) is 3.57. The number of ether oxygens (including phenoxy) is 1. The summed E-state index contributed by atoms with van der Waals surface area (Å²) in [6.45, 7) is 4.10. The van der Waals surface area contributed by atoms with Gasteiger partial charge >= 0.3 is 0 Å². The largest absolute Gasteiger partial charge is 0.504 e. The Morgan fingerprint density at radius 3 is 2.47 bits per heavy atom. The molecule has 1 aliphatic rings. The number of aromatic nitrogens is 3. The minimum absolute atomic E-state index is 0. The van der Waals surface area contributed by atoms with E-state index in [1.54, 1.807) is 6.20 Å². The minimum Gasteiger partial charge on any atom is -0.504 e. The summed E-state index contributed by atoms with van der Waals surface area (Å²) < 4.78 is 8.33. The van der Waals surface area contributed by atoms with Crippen molar-refractivity contribution in [3.05, 3.63) is 116 Å². The van der Waals surface area contributed by atoms with Crippen LogP contribution in [-0.4, -0.2) is 21.6 Å². The molecule has 0 atom stereocenters. The molecule has 3 aromatic heterocycles. The molecule has 1 aliphatic heterocycles. The molecular weight excluding hydrogens is 653 g/mol. The Balaban J connectivity index is 0.00000264. The number of benzene rings is 3. The number of fused-ring (bicyclic) bond motifs is 4. The average molecular weight is 676 g/mol. The fraction of sp³-hybridized carbons (Fsp3) is 0.0645. The molecule has 0 N–H and O–H groups in total. The van der Waals surface area contributed by atoms with Gasteiger partial charge in [-0.05, 0) is 61.4 Å². The summed E-state index contributed by atoms with van der Waals surface area (Å²) in [7, 11) is 2.03. The number of aryl methyl sites for hydroxylation is 1. The first-order valence-corrected chi connectivity index (χ1v) is 12.1. The first kappa shape index (κ1) is 24.2. The van der Waals surface area contributed by atoms with Crippen molar-refractivity contribution in [3.8, 4) is 17.4 Å². The van der Waals surface area contributed by atoms with Crippen molar-refractivity contribution in [1.82, 2.24) is 14.5 Å². The number of rotatable bonds is 4. The maximum atomic E-state index is 6.20. The zero-order valence-electron chi connectivity index (χ0n) is 20.7. The van der Waals surface area contributed by atoms with E-state index in [0.717, 1.165) is 50.2 Å². The Labute approximate surface area is 235 Å². The van der Waals surface area contributed by atoms with Crippen LogP contribution in [0.25, 0.3) is 27.6 Å². The van der Waals surface area contributed by atoms with Crippen molar-refractivity contribution in [2.24, 2.45) is 0 Å². The van der Waals surface area contributed by atoms with Gasteiger partial charge in [-0.15, -0.1) is 17.5 Å². The van der Waals surface area contributed by atoms with E-state index in [-0.39, 0.29) is 21.1 Å². The molecule has 7 rings (SSSR count). The van der Waals surface area contributed by atoms with Crippen LogP contribution in [0.3, 0.4) is 0 Å². The number of hydrogen-bond acceptors (Lipinski definition) is 5. The van der Waals surface area contributed by atoms with Crippen LogP contribution in [0.5, 0.6) is 11.6 Å². The zero-order valence-corrected chi connectivity index (χ0v) is 23.0. The number of nitrogens with zero attached hydrogens (tertiary/aromatic N) is 5. The minimum atomic E-state index is 0. The summed E-state index contributed by atoms with van der Waals surface area (Å²) >= 11 is 0. The maximum absolute atomic E-state index is 6.20. The predicted octanol–water partition coefficient (Wildman–Crippen LogP) is 6.98. The SMILES string of the molecule is Cc1ccnc(-n2c3[c-]c(Oc4[c-]c(N5[CH-]N(C)c6ccccc65)ccn4)ccc3c3ccccc32)c1.[Pt]. The summed E-state index contributed by atoms with van der Waals surface area (Å²) in [5.41, 5.74) is 6.18. The van der Waals surface area contributed by atoms with E-state index < -0.39 is 0 Å². The third-order valence-electron chi connectivity index (χ3n) is 6.62. The van der Waals surface area contributed by atoms with Gasteiger partial charge in [-0.1, -0.05) is 35.8 Å². The monoisotopic (exact) mass is 675 g/mol. The zero-order chi connectivity index (χ0) is 24.9. The molecule has 0 aliphatic carbocycles. The Kier molecular flexibility index (Phi) is 6.13. The van der Waals surface area contributed by atoms with Crippen molar-refractivity contribution in [2.45, 2.75) is 6.92 Å². The summed E-state index contributed by atoms with van der Waals surface area (Å²) in [5.74, 6) is 1.79. The molecule has 0 radical (unpaired) electrons. The van der Waals surface area contributed by atoms with Crippen LogP contribution < -0.4 is 14.5 Å². The van der Waals surface area contributed by atoms with Crippen LogP contribution in [0.4, 0.5) is 17.1 Å². The second-order valence-electron chi connectivity index (χ2n) is 9.08. The maximum Gasteiger partial charge on any atom is 0.135 e. The van der Waals surface area contributed by atoms with Gasteiger partial charge in [0.1, 0.15) is 11.7 Å². The van der Waals surface area contributed by atoms with Crippen LogP contribution in [0, 0.1) is 25.7 Å². The normalized spacial score (nSPS) is 12.6. The van der Waals surface area contributed by atoms with Gasteiger partial charge in [0.25, 0.3) is 0 Å². The average Bonchev–Trinajstić information content (AvgIpc) is 3.43. The standard InChI is InChI=1S/C31H22N5O.Pt/c1-21-13-15-32-30(17-21)36-26-8-4-3-7-24(26)25-12-11-23(19-29(25)36)37-31-18-22(14-16-33-31)35-20-34(2)27-9-5-6-10-28(27)35;/h3-17,20H,1-2H3;/q-3;. The molecular formula is C31H22N5OPt-3. The molecule has 0 fully saturated rings. The third kappa shape index (κ3) is 4.02. The van der Waals surface area contributed by atoms with Gasteiger partial charge < -0.3 is 19.1 Å². The molecule has 6 aromatic rings. The van der Waals surface area contributed by atoms with Crippen LogP contribution >= 0.6 is 0 Å². The molecule has 0 saturated heterocycles. The molecule has 7 heteroatoms. The van der Waals surface area contributed by atoms with E-state index in [1.807, 2.05) is 56.3 Å². The third-order valence-corrected chi connectivity index (χ3v) is 6.62. The fourth-order valence-corrected chi connectivity index (χ4v) is 4.93. The molecule has 3 aromatic carbocycles. The molecule has 4 heterocycles. The van der Waals surface area contributed by atoms with E-state index in [0.29, 0.717) is 11.6 Å². The number of para-hydroxylation sites is 3. The van der Waals surface area contributed by atoms with Gasteiger partial charge in [-0.3, -0.25) is 4.98 Å². The molecule has 190 valence electrons. The first-order chi connectivity index (χ1) is 18.2. The van der Waals surface area contributed by atoms with Gasteiger partial charge in [0, 0.05) is 49.9 Å². The van der Waals surface area contributed by atoms with Crippen molar-refractivity contribution in [1.29, 1.82) is 0 Å². The van der Waals surface area contributed by atoms with Gasteiger partial charge in [0.15, 0.2) is 0 Å². The van der Waals surface area contributed by atoms with Crippen LogP contribution in [0.2, 0.25) is 0 Å². The smallest absolute Gasteiger partial charge is 0.135 e.